The number of ether oxygens (including phenoxy) is 1. The van der Waals surface area contributed by atoms with E-state index in [1.165, 1.54) is 11.1 Å². The predicted octanol–water partition coefficient (Wildman–Crippen LogP) is 2.42. The minimum Gasteiger partial charge on any atom is -0.496 e. The summed E-state index contributed by atoms with van der Waals surface area (Å²) in [4.78, 5) is 7.57. The smallest absolute Gasteiger partial charge is 0.128 e. The summed E-state index contributed by atoms with van der Waals surface area (Å²) < 4.78 is 5.46. The molecule has 4 heteroatoms. The van der Waals surface area contributed by atoms with E-state index >= 15 is 0 Å². The summed E-state index contributed by atoms with van der Waals surface area (Å²) in [6, 6.07) is 4.19. The summed E-state index contributed by atoms with van der Waals surface area (Å²) in [5.74, 6) is 0.863. The lowest BCUT2D eigenvalue weighted by Crippen LogP contribution is -2.06. The van der Waals surface area contributed by atoms with Crippen LogP contribution in [0, 0.1) is 13.8 Å². The summed E-state index contributed by atoms with van der Waals surface area (Å²) in [6.45, 7) is 4.94. The van der Waals surface area contributed by atoms with Crippen molar-refractivity contribution in [3.8, 4) is 17.0 Å². The molecule has 18 heavy (non-hydrogen) atoms. The fourth-order valence-electron chi connectivity index (χ4n) is 2.01. The van der Waals surface area contributed by atoms with Crippen LogP contribution in [0.5, 0.6) is 5.75 Å². The molecule has 2 N–H and O–H groups in total. The van der Waals surface area contributed by atoms with E-state index < -0.39 is 0 Å². The van der Waals surface area contributed by atoms with Gasteiger partial charge in [-0.15, -0.1) is 0 Å². The predicted molar refractivity (Wildman–Crippen MR) is 72.8 cm³/mol. The average molecular weight is 245 g/mol. The van der Waals surface area contributed by atoms with Crippen LogP contribution in [-0.2, 0) is 6.54 Å². The van der Waals surface area contributed by atoms with Gasteiger partial charge in [-0.25, -0.2) is 4.98 Å². The molecule has 1 aromatic heterocycles. The number of aryl methyl sites for hydroxylation is 2. The molecule has 0 fully saturated rings. The van der Waals surface area contributed by atoms with E-state index in [2.05, 4.69) is 41.3 Å². The Hall–Kier alpha value is -1.81. The van der Waals surface area contributed by atoms with Crippen LogP contribution in [0.15, 0.2) is 18.5 Å². The molecule has 0 aliphatic heterocycles. The highest BCUT2D eigenvalue weighted by Crippen LogP contribution is 2.32. The monoisotopic (exact) mass is 245 g/mol. The van der Waals surface area contributed by atoms with Crippen LogP contribution in [0.25, 0.3) is 11.3 Å². The van der Waals surface area contributed by atoms with E-state index in [9.17, 15) is 0 Å². The number of rotatable bonds is 4. The molecule has 0 unspecified atom stereocenters. The van der Waals surface area contributed by atoms with Crippen molar-refractivity contribution in [2.75, 3.05) is 14.2 Å². The molecule has 0 amide bonds. The number of aromatic nitrogens is 2. The number of methoxy groups -OCH3 is 1. The Morgan fingerprint density at radius 3 is 2.67 bits per heavy atom. The Kier molecular flexibility index (Phi) is 3.67. The summed E-state index contributed by atoms with van der Waals surface area (Å²) >= 11 is 0. The van der Waals surface area contributed by atoms with Crippen LogP contribution in [0.1, 0.15) is 16.8 Å². The number of nitrogens with one attached hydrogen (secondary N) is 2. The van der Waals surface area contributed by atoms with Crippen LogP contribution >= 0.6 is 0 Å². The van der Waals surface area contributed by atoms with E-state index in [1.807, 2.05) is 7.05 Å². The van der Waals surface area contributed by atoms with Gasteiger partial charge >= 0.3 is 0 Å². The van der Waals surface area contributed by atoms with Crippen LogP contribution in [0.2, 0.25) is 0 Å². The second-order valence-corrected chi connectivity index (χ2v) is 4.40. The molecule has 0 spiro atoms. The Morgan fingerprint density at radius 2 is 2.00 bits per heavy atom. The standard InChI is InChI=1S/C14H19N3O/c1-9-5-11(13(18-4)6-10(9)2)14-12(7-15-3)16-8-17-14/h5-6,8,15H,7H2,1-4H3,(H,16,17). The number of H-pyrrole nitrogens is 1. The van der Waals surface area contributed by atoms with Gasteiger partial charge in [-0.05, 0) is 44.2 Å². The van der Waals surface area contributed by atoms with Gasteiger partial charge in [-0.2, -0.15) is 0 Å². The zero-order valence-electron chi connectivity index (χ0n) is 11.3. The van der Waals surface area contributed by atoms with Crippen molar-refractivity contribution in [2.24, 2.45) is 0 Å². The van der Waals surface area contributed by atoms with Crippen molar-refractivity contribution in [3.63, 3.8) is 0 Å². The molecule has 0 saturated carbocycles. The van der Waals surface area contributed by atoms with Crippen molar-refractivity contribution in [1.82, 2.24) is 15.3 Å². The van der Waals surface area contributed by atoms with Gasteiger partial charge in [0.25, 0.3) is 0 Å². The minimum atomic E-state index is 0.755. The summed E-state index contributed by atoms with van der Waals surface area (Å²) in [7, 11) is 3.61. The van der Waals surface area contributed by atoms with Gasteiger partial charge in [-0.1, -0.05) is 0 Å². The summed E-state index contributed by atoms with van der Waals surface area (Å²) in [5.41, 5.74) is 5.51. The van der Waals surface area contributed by atoms with Gasteiger partial charge in [-0.3, -0.25) is 0 Å². The molecule has 2 rings (SSSR count). The molecule has 4 nitrogen and oxygen atoms in total. The number of hydrogen-bond acceptors (Lipinski definition) is 3. The molecule has 0 aliphatic carbocycles. The van der Waals surface area contributed by atoms with E-state index in [1.54, 1.807) is 13.4 Å². The van der Waals surface area contributed by atoms with Gasteiger partial charge in [0.15, 0.2) is 0 Å². The summed E-state index contributed by atoms with van der Waals surface area (Å²) in [5, 5.41) is 3.13. The van der Waals surface area contributed by atoms with Crippen LogP contribution in [0.4, 0.5) is 0 Å². The SMILES string of the molecule is CNCc1[nH]cnc1-c1cc(C)c(C)cc1OC. The average Bonchev–Trinajstić information content (AvgIpc) is 2.80. The second kappa shape index (κ2) is 5.23. The minimum absolute atomic E-state index is 0.755. The number of benzene rings is 1. The maximum Gasteiger partial charge on any atom is 0.128 e. The first-order chi connectivity index (χ1) is 8.67. The van der Waals surface area contributed by atoms with Gasteiger partial charge in [0.05, 0.1) is 24.8 Å². The Labute approximate surface area is 107 Å². The fourth-order valence-corrected chi connectivity index (χ4v) is 2.01. The number of imidazole rings is 1. The number of hydrogen-bond donors (Lipinski definition) is 2. The highest BCUT2D eigenvalue weighted by atomic mass is 16.5. The zero-order chi connectivity index (χ0) is 13.1. The molecule has 0 aliphatic rings. The van der Waals surface area contributed by atoms with E-state index in [-0.39, 0.29) is 0 Å². The maximum atomic E-state index is 5.46. The molecule has 1 aromatic carbocycles. The lowest BCUT2D eigenvalue weighted by atomic mass is 10.0. The third-order valence-corrected chi connectivity index (χ3v) is 3.14. The van der Waals surface area contributed by atoms with Crippen molar-refractivity contribution in [1.29, 1.82) is 0 Å². The van der Waals surface area contributed by atoms with Gasteiger partial charge in [0.2, 0.25) is 0 Å². The third-order valence-electron chi connectivity index (χ3n) is 3.14. The molecular formula is C14H19N3O. The number of aromatic amines is 1. The lowest BCUT2D eigenvalue weighted by Gasteiger charge is -2.11. The Bertz CT molecular complexity index is 546. The van der Waals surface area contributed by atoms with Gasteiger partial charge < -0.3 is 15.0 Å². The highest BCUT2D eigenvalue weighted by molar-refractivity contribution is 5.70. The molecule has 2 aromatic rings. The molecule has 1 heterocycles. The topological polar surface area (TPSA) is 49.9 Å². The fraction of sp³-hybridized carbons (Fsp3) is 0.357. The quantitative estimate of drug-likeness (QED) is 0.869. The van der Waals surface area contributed by atoms with Crippen molar-refractivity contribution < 1.29 is 4.74 Å². The summed E-state index contributed by atoms with van der Waals surface area (Å²) in [6.07, 6.45) is 1.72. The van der Waals surface area contributed by atoms with E-state index in [0.717, 1.165) is 29.2 Å². The van der Waals surface area contributed by atoms with E-state index in [0.29, 0.717) is 0 Å². The molecule has 0 saturated heterocycles. The molecule has 0 radical (unpaired) electrons. The van der Waals surface area contributed by atoms with Crippen molar-refractivity contribution >= 4 is 0 Å². The van der Waals surface area contributed by atoms with E-state index in [4.69, 9.17) is 4.74 Å². The number of nitrogens with zero attached hydrogens (tertiary/aromatic N) is 1. The largest absolute Gasteiger partial charge is 0.496 e. The zero-order valence-corrected chi connectivity index (χ0v) is 11.3. The molecular weight excluding hydrogens is 226 g/mol. The van der Waals surface area contributed by atoms with Crippen molar-refractivity contribution in [2.45, 2.75) is 20.4 Å². The van der Waals surface area contributed by atoms with Crippen LogP contribution < -0.4 is 10.1 Å². The van der Waals surface area contributed by atoms with Crippen LogP contribution in [-0.4, -0.2) is 24.1 Å². The Balaban J connectivity index is 2.55. The molecule has 0 atom stereocenters. The normalized spacial score (nSPS) is 10.7. The van der Waals surface area contributed by atoms with Crippen molar-refractivity contribution in [3.05, 3.63) is 35.3 Å². The Morgan fingerprint density at radius 1 is 1.28 bits per heavy atom. The first-order valence-electron chi connectivity index (χ1n) is 5.99. The lowest BCUT2D eigenvalue weighted by molar-refractivity contribution is 0.416. The van der Waals surface area contributed by atoms with Gasteiger partial charge in [0, 0.05) is 12.1 Å². The first kappa shape index (κ1) is 12.6. The molecule has 96 valence electrons. The highest BCUT2D eigenvalue weighted by Gasteiger charge is 2.14. The van der Waals surface area contributed by atoms with Gasteiger partial charge in [0.1, 0.15) is 5.75 Å². The van der Waals surface area contributed by atoms with Crippen LogP contribution in [0.3, 0.4) is 0 Å². The third kappa shape index (κ3) is 2.24. The maximum absolute atomic E-state index is 5.46. The molecule has 0 bridgehead atoms. The second-order valence-electron chi connectivity index (χ2n) is 4.40. The first-order valence-corrected chi connectivity index (χ1v) is 5.99.